The number of rotatable bonds is 6. The van der Waals surface area contributed by atoms with Crippen LogP contribution in [0.5, 0.6) is 0 Å². The second-order valence-corrected chi connectivity index (χ2v) is 7.46. The highest BCUT2D eigenvalue weighted by molar-refractivity contribution is 7.90. The first kappa shape index (κ1) is 17.2. The predicted molar refractivity (Wildman–Crippen MR) is 87.0 cm³/mol. The number of carbonyl (C=O) groups excluding carboxylic acids is 1. The van der Waals surface area contributed by atoms with E-state index in [9.17, 15) is 13.2 Å². The van der Waals surface area contributed by atoms with Crippen LogP contribution in [0.4, 0.5) is 0 Å². The van der Waals surface area contributed by atoms with Crippen molar-refractivity contribution in [2.75, 3.05) is 26.9 Å². The van der Waals surface area contributed by atoms with Crippen LogP contribution in [-0.2, 0) is 9.84 Å². The van der Waals surface area contributed by atoms with Gasteiger partial charge in [0.1, 0.15) is 5.76 Å². The smallest absolute Gasteiger partial charge is 0.252 e. The van der Waals surface area contributed by atoms with Crippen molar-refractivity contribution >= 4 is 15.7 Å². The van der Waals surface area contributed by atoms with Crippen LogP contribution in [0.2, 0.25) is 0 Å². The summed E-state index contributed by atoms with van der Waals surface area (Å²) in [5.41, 5.74) is 0.145. The Morgan fingerprint density at radius 1 is 1.22 bits per heavy atom. The topological polar surface area (TPSA) is 79.6 Å². The summed E-state index contributed by atoms with van der Waals surface area (Å²) in [6, 6.07) is 9.65. The molecule has 2 aromatic rings. The number of sulfone groups is 1. The van der Waals surface area contributed by atoms with E-state index in [2.05, 4.69) is 5.32 Å². The van der Waals surface area contributed by atoms with Gasteiger partial charge in [-0.15, -0.1) is 0 Å². The number of furan rings is 1. The molecule has 0 radical (unpaired) electrons. The summed E-state index contributed by atoms with van der Waals surface area (Å²) in [6.45, 7) is 0.303. The molecule has 7 heteroatoms. The van der Waals surface area contributed by atoms with Crippen LogP contribution in [0.3, 0.4) is 0 Å². The van der Waals surface area contributed by atoms with Gasteiger partial charge in [0.05, 0.1) is 22.8 Å². The molecule has 0 aliphatic rings. The molecular formula is C16H20N2O4S. The minimum Gasteiger partial charge on any atom is -0.468 e. The van der Waals surface area contributed by atoms with Gasteiger partial charge in [0.25, 0.3) is 5.91 Å². The van der Waals surface area contributed by atoms with Gasteiger partial charge < -0.3 is 9.73 Å². The molecule has 0 unspecified atom stereocenters. The minimum atomic E-state index is -3.47. The Morgan fingerprint density at radius 3 is 2.48 bits per heavy atom. The number of hydrogen-bond donors (Lipinski definition) is 1. The third kappa shape index (κ3) is 4.20. The van der Waals surface area contributed by atoms with Crippen LogP contribution < -0.4 is 5.32 Å². The van der Waals surface area contributed by atoms with Crippen molar-refractivity contribution in [2.24, 2.45) is 0 Å². The van der Waals surface area contributed by atoms with Crippen molar-refractivity contribution in [3.05, 3.63) is 54.0 Å². The molecule has 0 spiro atoms. The zero-order valence-electron chi connectivity index (χ0n) is 13.3. The Hall–Kier alpha value is -2.12. The molecule has 0 bridgehead atoms. The predicted octanol–water partition coefficient (Wildman–Crippen LogP) is 1.72. The number of carbonyl (C=O) groups is 1. The molecule has 2 rings (SSSR count). The highest BCUT2D eigenvalue weighted by Gasteiger charge is 2.21. The maximum absolute atomic E-state index is 12.4. The summed E-state index contributed by atoms with van der Waals surface area (Å²) in [6.07, 6.45) is 2.66. The number of nitrogens with one attached hydrogen (secondary N) is 1. The quantitative estimate of drug-likeness (QED) is 0.869. The van der Waals surface area contributed by atoms with Crippen LogP contribution in [0, 0.1) is 0 Å². The Labute approximate surface area is 136 Å². The van der Waals surface area contributed by atoms with E-state index in [1.807, 2.05) is 25.1 Å². The molecular weight excluding hydrogens is 316 g/mol. The summed E-state index contributed by atoms with van der Waals surface area (Å²) in [5, 5.41) is 2.78. The monoisotopic (exact) mass is 336 g/mol. The van der Waals surface area contributed by atoms with Crippen molar-refractivity contribution in [2.45, 2.75) is 10.9 Å². The molecule has 0 saturated heterocycles. The van der Waals surface area contributed by atoms with Gasteiger partial charge in [0.2, 0.25) is 0 Å². The Balaban J connectivity index is 2.17. The van der Waals surface area contributed by atoms with Gasteiger partial charge in [0, 0.05) is 12.8 Å². The van der Waals surface area contributed by atoms with Crippen LogP contribution >= 0.6 is 0 Å². The average Bonchev–Trinajstić information content (AvgIpc) is 3.00. The number of nitrogens with zero attached hydrogens (tertiary/aromatic N) is 1. The molecule has 0 aliphatic heterocycles. The third-order valence-corrected chi connectivity index (χ3v) is 4.64. The summed E-state index contributed by atoms with van der Waals surface area (Å²) in [7, 11) is 0.291. The Morgan fingerprint density at radius 2 is 1.91 bits per heavy atom. The molecule has 1 aromatic carbocycles. The summed E-state index contributed by atoms with van der Waals surface area (Å²) < 4.78 is 29.0. The molecule has 0 aliphatic carbocycles. The third-order valence-electron chi connectivity index (χ3n) is 3.48. The van der Waals surface area contributed by atoms with Gasteiger partial charge >= 0.3 is 0 Å². The molecule has 1 aromatic heterocycles. The lowest BCUT2D eigenvalue weighted by atomic mass is 10.1. The maximum Gasteiger partial charge on any atom is 0.252 e. The molecule has 1 heterocycles. The van der Waals surface area contributed by atoms with Crippen molar-refractivity contribution < 1.29 is 17.6 Å². The second-order valence-electron chi connectivity index (χ2n) is 5.47. The van der Waals surface area contributed by atoms with E-state index >= 15 is 0 Å². The normalized spacial score (nSPS) is 13.0. The van der Waals surface area contributed by atoms with Gasteiger partial charge in [-0.2, -0.15) is 0 Å². The SMILES string of the molecule is CN(C)[C@@H](CNC(=O)c1ccccc1S(C)(=O)=O)c1ccco1. The van der Waals surface area contributed by atoms with E-state index in [0.29, 0.717) is 6.54 Å². The largest absolute Gasteiger partial charge is 0.468 e. The highest BCUT2D eigenvalue weighted by atomic mass is 32.2. The molecule has 124 valence electrons. The van der Waals surface area contributed by atoms with E-state index in [-0.39, 0.29) is 16.5 Å². The van der Waals surface area contributed by atoms with E-state index in [4.69, 9.17) is 4.42 Å². The van der Waals surface area contributed by atoms with Crippen LogP contribution in [-0.4, -0.2) is 46.1 Å². The molecule has 0 saturated carbocycles. The van der Waals surface area contributed by atoms with E-state index in [1.165, 1.54) is 12.1 Å². The van der Waals surface area contributed by atoms with Gasteiger partial charge in [-0.25, -0.2) is 8.42 Å². The molecule has 1 amide bonds. The van der Waals surface area contributed by atoms with Gasteiger partial charge in [0.15, 0.2) is 9.84 Å². The molecule has 6 nitrogen and oxygen atoms in total. The minimum absolute atomic E-state index is 0.0249. The lowest BCUT2D eigenvalue weighted by molar-refractivity contribution is 0.0935. The number of amides is 1. The van der Waals surface area contributed by atoms with Crippen LogP contribution in [0.1, 0.15) is 22.2 Å². The maximum atomic E-state index is 12.4. The van der Waals surface area contributed by atoms with Crippen molar-refractivity contribution in [3.63, 3.8) is 0 Å². The van der Waals surface area contributed by atoms with Crippen molar-refractivity contribution in [1.82, 2.24) is 10.2 Å². The Kier molecular flexibility index (Phi) is 5.23. The average molecular weight is 336 g/mol. The fourth-order valence-corrected chi connectivity index (χ4v) is 3.17. The van der Waals surface area contributed by atoms with Gasteiger partial charge in [-0.1, -0.05) is 12.1 Å². The molecule has 1 N–H and O–H groups in total. The fraction of sp³-hybridized carbons (Fsp3) is 0.312. The van der Waals surface area contributed by atoms with Gasteiger partial charge in [-0.3, -0.25) is 9.69 Å². The standard InChI is InChI=1S/C16H20N2O4S/c1-18(2)13(14-8-6-10-22-14)11-17-16(19)12-7-4-5-9-15(12)23(3,20)21/h4-10,13H,11H2,1-3H3,(H,17,19)/t13-/m0/s1. The zero-order valence-corrected chi connectivity index (χ0v) is 14.1. The van der Waals surface area contributed by atoms with E-state index in [0.717, 1.165) is 12.0 Å². The van der Waals surface area contributed by atoms with Gasteiger partial charge in [-0.05, 0) is 38.4 Å². The Bertz CT molecular complexity index is 767. The van der Waals surface area contributed by atoms with E-state index in [1.54, 1.807) is 24.5 Å². The summed E-state index contributed by atoms with van der Waals surface area (Å²) in [4.78, 5) is 14.3. The molecule has 23 heavy (non-hydrogen) atoms. The first-order valence-corrected chi connectivity index (χ1v) is 8.97. The van der Waals surface area contributed by atoms with Crippen molar-refractivity contribution in [1.29, 1.82) is 0 Å². The van der Waals surface area contributed by atoms with Crippen LogP contribution in [0.15, 0.2) is 52.0 Å². The lowest BCUT2D eigenvalue weighted by Gasteiger charge is -2.22. The number of likely N-dealkylation sites (N-methyl/N-ethyl adjacent to an activating group) is 1. The van der Waals surface area contributed by atoms with Crippen LogP contribution in [0.25, 0.3) is 0 Å². The molecule has 1 atom stereocenters. The highest BCUT2D eigenvalue weighted by Crippen LogP contribution is 2.19. The first-order chi connectivity index (χ1) is 10.8. The van der Waals surface area contributed by atoms with E-state index < -0.39 is 15.7 Å². The zero-order chi connectivity index (χ0) is 17.0. The van der Waals surface area contributed by atoms with Crippen molar-refractivity contribution in [3.8, 4) is 0 Å². The lowest BCUT2D eigenvalue weighted by Crippen LogP contribution is -2.34. The number of hydrogen-bond acceptors (Lipinski definition) is 5. The molecule has 0 fully saturated rings. The number of benzene rings is 1. The second kappa shape index (κ2) is 6.97. The fourth-order valence-electron chi connectivity index (χ4n) is 2.28. The first-order valence-electron chi connectivity index (χ1n) is 7.08. The summed E-state index contributed by atoms with van der Waals surface area (Å²) >= 11 is 0. The summed E-state index contributed by atoms with van der Waals surface area (Å²) in [5.74, 6) is 0.302.